The first kappa shape index (κ1) is 16.6. The van der Waals surface area contributed by atoms with Gasteiger partial charge in [0.15, 0.2) is 0 Å². The minimum Gasteiger partial charge on any atom is -0.330 e. The van der Waals surface area contributed by atoms with E-state index in [4.69, 9.17) is 5.73 Å². The molecule has 112 valence electrons. The third-order valence-corrected chi connectivity index (χ3v) is 2.78. The average molecular weight is 281 g/mol. The number of hydrogen-bond donors (Lipinski definition) is 2. The highest BCUT2D eigenvalue weighted by Crippen LogP contribution is 2.09. The lowest BCUT2D eigenvalue weighted by Gasteiger charge is -2.23. The van der Waals surface area contributed by atoms with Gasteiger partial charge in [0.1, 0.15) is 5.82 Å². The van der Waals surface area contributed by atoms with E-state index in [1.54, 1.807) is 12.1 Å². The van der Waals surface area contributed by atoms with E-state index in [0.29, 0.717) is 24.7 Å². The predicted molar refractivity (Wildman–Crippen MR) is 80.0 cm³/mol. The predicted octanol–water partition coefficient (Wildman–Crippen LogP) is 2.07. The van der Waals surface area contributed by atoms with Crippen LogP contribution in [-0.4, -0.2) is 37.0 Å². The smallest absolute Gasteiger partial charge is 0.238 e. The molecule has 1 amide bonds. The maximum Gasteiger partial charge on any atom is 0.238 e. The first-order valence-electron chi connectivity index (χ1n) is 6.99. The van der Waals surface area contributed by atoms with Gasteiger partial charge in [-0.25, -0.2) is 4.39 Å². The van der Waals surface area contributed by atoms with E-state index in [1.807, 2.05) is 0 Å². The zero-order valence-corrected chi connectivity index (χ0v) is 12.2. The Hall–Kier alpha value is -1.46. The fourth-order valence-electron chi connectivity index (χ4n) is 2.04. The number of nitrogens with zero attached hydrogens (tertiary/aromatic N) is 1. The van der Waals surface area contributed by atoms with Gasteiger partial charge in [0.05, 0.1) is 6.54 Å². The molecule has 0 aromatic heterocycles. The Morgan fingerprint density at radius 1 is 1.45 bits per heavy atom. The maximum atomic E-state index is 13.0. The summed E-state index contributed by atoms with van der Waals surface area (Å²) < 4.78 is 13.0. The lowest BCUT2D eigenvalue weighted by Crippen LogP contribution is -2.37. The average Bonchev–Trinajstić information content (AvgIpc) is 2.35. The van der Waals surface area contributed by atoms with Crippen molar-refractivity contribution in [3.63, 3.8) is 0 Å². The van der Waals surface area contributed by atoms with Crippen molar-refractivity contribution in [1.82, 2.24) is 4.90 Å². The standard InChI is InChI=1S/C15H24FN3O/c1-12(2)10-19(8-4-7-17)11-15(20)18-14-6-3-5-13(16)9-14/h3,5-6,9,12H,4,7-8,10-11,17H2,1-2H3,(H,18,20). The van der Waals surface area contributed by atoms with Gasteiger partial charge in [0, 0.05) is 12.2 Å². The molecule has 0 unspecified atom stereocenters. The van der Waals surface area contributed by atoms with Crippen molar-refractivity contribution in [2.24, 2.45) is 11.7 Å². The van der Waals surface area contributed by atoms with Crippen LogP contribution in [0.2, 0.25) is 0 Å². The lowest BCUT2D eigenvalue weighted by molar-refractivity contribution is -0.117. The largest absolute Gasteiger partial charge is 0.330 e. The molecule has 0 saturated carbocycles. The normalized spacial score (nSPS) is 11.1. The molecule has 4 nitrogen and oxygen atoms in total. The van der Waals surface area contributed by atoms with Gasteiger partial charge >= 0.3 is 0 Å². The summed E-state index contributed by atoms with van der Waals surface area (Å²) in [6.45, 7) is 6.77. The molecule has 0 heterocycles. The number of nitrogens with two attached hydrogens (primary N) is 1. The molecule has 0 bridgehead atoms. The quantitative estimate of drug-likeness (QED) is 0.767. The van der Waals surface area contributed by atoms with Crippen LogP contribution in [0.5, 0.6) is 0 Å². The Morgan fingerprint density at radius 2 is 2.20 bits per heavy atom. The molecule has 0 aliphatic rings. The van der Waals surface area contributed by atoms with Crippen LogP contribution < -0.4 is 11.1 Å². The number of halogens is 1. The Bertz CT molecular complexity index is 423. The van der Waals surface area contributed by atoms with Gasteiger partial charge in [-0.3, -0.25) is 9.69 Å². The highest BCUT2D eigenvalue weighted by atomic mass is 19.1. The Morgan fingerprint density at radius 3 is 2.80 bits per heavy atom. The van der Waals surface area contributed by atoms with Crippen LogP contribution in [0.25, 0.3) is 0 Å². The van der Waals surface area contributed by atoms with Crippen LogP contribution >= 0.6 is 0 Å². The van der Waals surface area contributed by atoms with Gasteiger partial charge in [0.25, 0.3) is 0 Å². The summed E-state index contributed by atoms with van der Waals surface area (Å²) in [5.74, 6) is -0.00650. The van der Waals surface area contributed by atoms with Gasteiger partial charge in [-0.2, -0.15) is 0 Å². The van der Waals surface area contributed by atoms with E-state index in [1.165, 1.54) is 12.1 Å². The van der Waals surface area contributed by atoms with E-state index in [0.717, 1.165) is 19.5 Å². The van der Waals surface area contributed by atoms with Crippen molar-refractivity contribution in [3.8, 4) is 0 Å². The molecule has 1 aromatic rings. The molecule has 1 rings (SSSR count). The Kier molecular flexibility index (Phi) is 7.18. The zero-order valence-electron chi connectivity index (χ0n) is 12.2. The van der Waals surface area contributed by atoms with E-state index in [-0.39, 0.29) is 11.7 Å². The fraction of sp³-hybridized carbons (Fsp3) is 0.533. The molecule has 0 fully saturated rings. The summed E-state index contributed by atoms with van der Waals surface area (Å²) in [5, 5.41) is 2.71. The highest BCUT2D eigenvalue weighted by Gasteiger charge is 2.12. The number of nitrogens with one attached hydrogen (secondary N) is 1. The highest BCUT2D eigenvalue weighted by molar-refractivity contribution is 5.92. The van der Waals surface area contributed by atoms with Crippen molar-refractivity contribution >= 4 is 11.6 Å². The second-order valence-electron chi connectivity index (χ2n) is 5.33. The molecule has 0 radical (unpaired) electrons. The molecule has 0 atom stereocenters. The number of carbonyl (C=O) groups is 1. The minimum absolute atomic E-state index is 0.131. The maximum absolute atomic E-state index is 13.0. The van der Waals surface area contributed by atoms with Crippen molar-refractivity contribution in [2.45, 2.75) is 20.3 Å². The first-order chi connectivity index (χ1) is 9.51. The van der Waals surface area contributed by atoms with E-state index < -0.39 is 0 Å². The van der Waals surface area contributed by atoms with Crippen LogP contribution in [-0.2, 0) is 4.79 Å². The van der Waals surface area contributed by atoms with Crippen molar-refractivity contribution in [1.29, 1.82) is 0 Å². The monoisotopic (exact) mass is 281 g/mol. The van der Waals surface area contributed by atoms with Gasteiger partial charge in [-0.15, -0.1) is 0 Å². The van der Waals surface area contributed by atoms with Gasteiger partial charge in [-0.1, -0.05) is 19.9 Å². The number of benzene rings is 1. The number of amides is 1. The van der Waals surface area contributed by atoms with Crippen LogP contribution in [0.4, 0.5) is 10.1 Å². The molecule has 20 heavy (non-hydrogen) atoms. The summed E-state index contributed by atoms with van der Waals surface area (Å²) in [6, 6.07) is 5.91. The van der Waals surface area contributed by atoms with E-state index in [9.17, 15) is 9.18 Å². The van der Waals surface area contributed by atoms with Crippen molar-refractivity contribution < 1.29 is 9.18 Å². The molecule has 0 saturated heterocycles. The molecule has 0 spiro atoms. The second-order valence-corrected chi connectivity index (χ2v) is 5.33. The number of hydrogen-bond acceptors (Lipinski definition) is 3. The molecule has 3 N–H and O–H groups in total. The number of carbonyl (C=O) groups excluding carboxylic acids is 1. The van der Waals surface area contributed by atoms with Gasteiger partial charge in [0.2, 0.25) is 5.91 Å². The zero-order chi connectivity index (χ0) is 15.0. The third-order valence-electron chi connectivity index (χ3n) is 2.78. The summed E-state index contributed by atoms with van der Waals surface area (Å²) in [4.78, 5) is 14.0. The van der Waals surface area contributed by atoms with Crippen LogP contribution in [0.3, 0.4) is 0 Å². The topological polar surface area (TPSA) is 58.4 Å². The van der Waals surface area contributed by atoms with Gasteiger partial charge in [-0.05, 0) is 43.6 Å². The summed E-state index contributed by atoms with van der Waals surface area (Å²) in [7, 11) is 0. The first-order valence-corrected chi connectivity index (χ1v) is 6.99. The molecular formula is C15H24FN3O. The van der Waals surface area contributed by atoms with Crippen LogP contribution in [0.1, 0.15) is 20.3 Å². The molecule has 0 aliphatic heterocycles. The third kappa shape index (κ3) is 6.63. The van der Waals surface area contributed by atoms with E-state index in [2.05, 4.69) is 24.1 Å². The molecule has 1 aromatic carbocycles. The molecule has 5 heteroatoms. The molecular weight excluding hydrogens is 257 g/mol. The summed E-state index contributed by atoms with van der Waals surface area (Å²) in [5.41, 5.74) is 5.99. The molecule has 0 aliphatic carbocycles. The summed E-state index contributed by atoms with van der Waals surface area (Å²) >= 11 is 0. The number of rotatable bonds is 8. The van der Waals surface area contributed by atoms with Crippen LogP contribution in [0.15, 0.2) is 24.3 Å². The fourth-order valence-corrected chi connectivity index (χ4v) is 2.04. The minimum atomic E-state index is -0.357. The Balaban J connectivity index is 2.52. The van der Waals surface area contributed by atoms with Crippen molar-refractivity contribution in [3.05, 3.63) is 30.1 Å². The second kappa shape index (κ2) is 8.66. The van der Waals surface area contributed by atoms with Gasteiger partial charge < -0.3 is 11.1 Å². The van der Waals surface area contributed by atoms with Crippen LogP contribution in [0, 0.1) is 11.7 Å². The Labute approximate surface area is 120 Å². The number of anilines is 1. The van der Waals surface area contributed by atoms with E-state index >= 15 is 0 Å². The SMILES string of the molecule is CC(C)CN(CCCN)CC(=O)Nc1cccc(F)c1. The van der Waals surface area contributed by atoms with Crippen molar-refractivity contribution in [2.75, 3.05) is 31.5 Å². The lowest BCUT2D eigenvalue weighted by atomic mass is 10.2. The summed E-state index contributed by atoms with van der Waals surface area (Å²) in [6.07, 6.45) is 0.861.